The smallest absolute Gasteiger partial charge is 0.319 e. The average Bonchev–Trinajstić information content (AvgIpc) is 3.33. The zero-order valence-electron chi connectivity index (χ0n) is 15.2. The SMILES string of the molecule is COCCCN1CC[C@H](CNC(=O)Nc2cccc(-n3cccn3)c2)C1. The first-order valence-corrected chi connectivity index (χ1v) is 9.11. The molecule has 7 nitrogen and oxygen atoms in total. The molecule has 2 heterocycles. The van der Waals surface area contributed by atoms with Crippen molar-refractivity contribution in [2.75, 3.05) is 45.2 Å². The molecule has 7 heteroatoms. The van der Waals surface area contributed by atoms with Gasteiger partial charge in [0.2, 0.25) is 0 Å². The highest BCUT2D eigenvalue weighted by Gasteiger charge is 2.22. The number of benzene rings is 1. The highest BCUT2D eigenvalue weighted by Crippen LogP contribution is 2.16. The number of urea groups is 1. The fraction of sp³-hybridized carbons (Fsp3) is 0.474. The molecular formula is C19H27N5O2. The number of anilines is 1. The van der Waals surface area contributed by atoms with Crippen molar-refractivity contribution in [3.63, 3.8) is 0 Å². The summed E-state index contributed by atoms with van der Waals surface area (Å²) in [5.74, 6) is 0.513. The summed E-state index contributed by atoms with van der Waals surface area (Å²) >= 11 is 0. The number of carbonyl (C=O) groups is 1. The van der Waals surface area contributed by atoms with E-state index in [-0.39, 0.29) is 6.03 Å². The van der Waals surface area contributed by atoms with Gasteiger partial charge in [-0.05, 0) is 49.6 Å². The minimum Gasteiger partial charge on any atom is -0.385 e. The van der Waals surface area contributed by atoms with Gasteiger partial charge in [0.25, 0.3) is 0 Å². The normalized spacial score (nSPS) is 17.3. The number of amides is 2. The van der Waals surface area contributed by atoms with E-state index in [2.05, 4.69) is 20.6 Å². The van der Waals surface area contributed by atoms with E-state index in [9.17, 15) is 4.79 Å². The molecular weight excluding hydrogens is 330 g/mol. The van der Waals surface area contributed by atoms with Crippen molar-refractivity contribution in [3.8, 4) is 5.69 Å². The number of nitrogens with zero attached hydrogens (tertiary/aromatic N) is 3. The number of aromatic nitrogens is 2. The van der Waals surface area contributed by atoms with Crippen molar-refractivity contribution >= 4 is 11.7 Å². The number of carbonyl (C=O) groups excluding carboxylic acids is 1. The average molecular weight is 357 g/mol. The van der Waals surface area contributed by atoms with Crippen LogP contribution >= 0.6 is 0 Å². The maximum absolute atomic E-state index is 12.2. The van der Waals surface area contributed by atoms with Gasteiger partial charge in [-0.3, -0.25) is 0 Å². The molecule has 0 unspecified atom stereocenters. The Hall–Kier alpha value is -2.38. The summed E-state index contributed by atoms with van der Waals surface area (Å²) in [7, 11) is 1.74. The van der Waals surface area contributed by atoms with Crippen molar-refractivity contribution in [1.82, 2.24) is 20.0 Å². The van der Waals surface area contributed by atoms with Gasteiger partial charge in [-0.25, -0.2) is 9.48 Å². The summed E-state index contributed by atoms with van der Waals surface area (Å²) in [5.41, 5.74) is 1.67. The number of ether oxygens (including phenoxy) is 1. The number of methoxy groups -OCH3 is 1. The predicted molar refractivity (Wildman–Crippen MR) is 102 cm³/mol. The van der Waals surface area contributed by atoms with Crippen LogP contribution in [0.4, 0.5) is 10.5 Å². The van der Waals surface area contributed by atoms with Crippen LogP contribution in [-0.2, 0) is 4.74 Å². The van der Waals surface area contributed by atoms with Crippen LogP contribution in [-0.4, -0.2) is 60.6 Å². The molecule has 1 aliphatic rings. The molecule has 3 rings (SSSR count). The van der Waals surface area contributed by atoms with Crippen molar-refractivity contribution < 1.29 is 9.53 Å². The standard InChI is InChI=1S/C19H27N5O2/c1-26-12-4-9-23-11-7-16(15-23)14-20-19(25)22-17-5-2-6-18(13-17)24-10-3-8-21-24/h2-3,5-6,8,10,13,16H,4,7,9,11-12,14-15H2,1H3,(H2,20,22,25)/t16-/m1/s1. The maximum atomic E-state index is 12.2. The van der Waals surface area contributed by atoms with Gasteiger partial charge in [-0.2, -0.15) is 5.10 Å². The number of hydrogen-bond acceptors (Lipinski definition) is 4. The fourth-order valence-corrected chi connectivity index (χ4v) is 3.28. The van der Waals surface area contributed by atoms with Crippen LogP contribution in [0.25, 0.3) is 5.69 Å². The van der Waals surface area contributed by atoms with Gasteiger partial charge in [0.05, 0.1) is 5.69 Å². The lowest BCUT2D eigenvalue weighted by molar-refractivity contribution is 0.178. The Balaban J connectivity index is 1.42. The molecule has 2 amide bonds. The van der Waals surface area contributed by atoms with E-state index in [4.69, 9.17) is 4.74 Å². The summed E-state index contributed by atoms with van der Waals surface area (Å²) < 4.78 is 6.86. The quantitative estimate of drug-likeness (QED) is 0.712. The summed E-state index contributed by atoms with van der Waals surface area (Å²) in [6.45, 7) is 4.71. The van der Waals surface area contributed by atoms with E-state index in [1.807, 2.05) is 36.5 Å². The third kappa shape index (κ3) is 5.31. The molecule has 0 bridgehead atoms. The molecule has 1 saturated heterocycles. The molecule has 0 radical (unpaired) electrons. The lowest BCUT2D eigenvalue weighted by Crippen LogP contribution is -2.34. The van der Waals surface area contributed by atoms with Crippen LogP contribution in [0.1, 0.15) is 12.8 Å². The Morgan fingerprint density at radius 3 is 3.12 bits per heavy atom. The van der Waals surface area contributed by atoms with Crippen LogP contribution in [0, 0.1) is 5.92 Å². The molecule has 1 atom stereocenters. The van der Waals surface area contributed by atoms with Gasteiger partial charge in [0.1, 0.15) is 0 Å². The van der Waals surface area contributed by atoms with Gasteiger partial charge < -0.3 is 20.3 Å². The van der Waals surface area contributed by atoms with Crippen molar-refractivity contribution in [2.24, 2.45) is 5.92 Å². The van der Waals surface area contributed by atoms with E-state index in [1.54, 1.807) is 18.0 Å². The lowest BCUT2D eigenvalue weighted by Gasteiger charge is -2.16. The Labute approximate surface area is 154 Å². The first kappa shape index (κ1) is 18.4. The molecule has 0 saturated carbocycles. The molecule has 1 aliphatic heterocycles. The van der Waals surface area contributed by atoms with E-state index in [0.29, 0.717) is 12.5 Å². The van der Waals surface area contributed by atoms with Gasteiger partial charge in [-0.15, -0.1) is 0 Å². The lowest BCUT2D eigenvalue weighted by atomic mass is 10.1. The summed E-state index contributed by atoms with van der Waals surface area (Å²) in [5, 5.41) is 10.1. The molecule has 1 fully saturated rings. The van der Waals surface area contributed by atoms with Crippen molar-refractivity contribution in [3.05, 3.63) is 42.7 Å². The first-order valence-electron chi connectivity index (χ1n) is 9.11. The summed E-state index contributed by atoms with van der Waals surface area (Å²) in [4.78, 5) is 14.6. The van der Waals surface area contributed by atoms with Crippen LogP contribution in [0.2, 0.25) is 0 Å². The Bertz CT molecular complexity index is 689. The molecule has 2 aromatic rings. The van der Waals surface area contributed by atoms with Crippen LogP contribution in [0.15, 0.2) is 42.7 Å². The first-order chi connectivity index (χ1) is 12.7. The molecule has 0 aliphatic carbocycles. The zero-order chi connectivity index (χ0) is 18.2. The minimum absolute atomic E-state index is 0.166. The number of rotatable bonds is 8. The van der Waals surface area contributed by atoms with Crippen molar-refractivity contribution in [2.45, 2.75) is 12.8 Å². The number of hydrogen-bond donors (Lipinski definition) is 2. The minimum atomic E-state index is -0.166. The fourth-order valence-electron chi connectivity index (χ4n) is 3.28. The van der Waals surface area contributed by atoms with E-state index >= 15 is 0 Å². The second kappa shape index (κ2) is 9.35. The van der Waals surface area contributed by atoms with Crippen LogP contribution in [0.3, 0.4) is 0 Å². The Morgan fingerprint density at radius 1 is 1.38 bits per heavy atom. The van der Waals surface area contributed by atoms with Crippen molar-refractivity contribution in [1.29, 1.82) is 0 Å². The zero-order valence-corrected chi connectivity index (χ0v) is 15.2. The van der Waals surface area contributed by atoms with E-state index in [1.165, 1.54) is 0 Å². The molecule has 26 heavy (non-hydrogen) atoms. The van der Waals surface area contributed by atoms with Gasteiger partial charge >= 0.3 is 6.03 Å². The van der Waals surface area contributed by atoms with Gasteiger partial charge in [0, 0.05) is 51.4 Å². The van der Waals surface area contributed by atoms with Crippen LogP contribution in [0.5, 0.6) is 0 Å². The monoisotopic (exact) mass is 357 g/mol. The third-order valence-electron chi connectivity index (χ3n) is 4.62. The molecule has 1 aromatic carbocycles. The molecule has 0 spiro atoms. The molecule has 2 N–H and O–H groups in total. The third-order valence-corrected chi connectivity index (χ3v) is 4.62. The predicted octanol–water partition coefficient (Wildman–Crippen LogP) is 2.35. The highest BCUT2D eigenvalue weighted by molar-refractivity contribution is 5.89. The number of likely N-dealkylation sites (tertiary alicyclic amines) is 1. The van der Waals surface area contributed by atoms with Gasteiger partial charge in [0.15, 0.2) is 0 Å². The largest absolute Gasteiger partial charge is 0.385 e. The maximum Gasteiger partial charge on any atom is 0.319 e. The number of nitrogens with one attached hydrogen (secondary N) is 2. The van der Waals surface area contributed by atoms with Crippen LogP contribution < -0.4 is 10.6 Å². The Morgan fingerprint density at radius 2 is 2.31 bits per heavy atom. The molecule has 1 aromatic heterocycles. The van der Waals surface area contributed by atoms with Gasteiger partial charge in [-0.1, -0.05) is 6.07 Å². The second-order valence-corrected chi connectivity index (χ2v) is 6.64. The van der Waals surface area contributed by atoms with E-state index in [0.717, 1.165) is 50.5 Å². The molecule has 140 valence electrons. The summed E-state index contributed by atoms with van der Waals surface area (Å²) in [6, 6.07) is 9.33. The second-order valence-electron chi connectivity index (χ2n) is 6.64. The highest BCUT2D eigenvalue weighted by atomic mass is 16.5. The summed E-state index contributed by atoms with van der Waals surface area (Å²) in [6.07, 6.45) is 5.79. The van der Waals surface area contributed by atoms with E-state index < -0.39 is 0 Å². The Kier molecular flexibility index (Phi) is 6.62. The topological polar surface area (TPSA) is 71.4 Å².